The van der Waals surface area contributed by atoms with Crippen LogP contribution in [0.5, 0.6) is 0 Å². The zero-order valence-corrected chi connectivity index (χ0v) is 53.4. The number of hydrogen-bond acceptors (Lipinski definition) is 8. The normalized spacial score (nSPS) is 26.3. The summed E-state index contributed by atoms with van der Waals surface area (Å²) in [6.07, 6.45) is 8.60. The highest BCUT2D eigenvalue weighted by Gasteiger charge is 2.35. The topological polar surface area (TPSA) is 266 Å². The van der Waals surface area contributed by atoms with Crippen LogP contribution in [0.25, 0.3) is 0 Å². The Kier molecular flexibility index (Phi) is 21.8. The number of hydrogen-bond donors (Lipinski definition) is 8. The van der Waals surface area contributed by atoms with Crippen molar-refractivity contribution in [3.8, 4) is 0 Å². The average molecular weight is 1290 g/mol. The molecule has 0 aliphatic heterocycles. The van der Waals surface area contributed by atoms with Crippen LogP contribution in [-0.4, -0.2) is 92.1 Å². The Morgan fingerprint density at radius 3 is 0.880 bits per heavy atom. The smallest absolute Gasteiger partial charge is 0.326 e. The molecule has 4 aromatic carbocycles. The Labute approximate surface area is 574 Å². The summed E-state index contributed by atoms with van der Waals surface area (Å²) in [5.74, 6) is -11.8. The second kappa shape index (κ2) is 39.2. The number of carboxylic acid groups (broad SMARTS) is 4. The van der Waals surface area contributed by atoms with Crippen molar-refractivity contribution in [3.05, 3.63) is 143 Å². The van der Waals surface area contributed by atoms with Crippen LogP contribution >= 0.6 is 0 Å². The monoisotopic (exact) mass is 1290 g/mol. The lowest BCUT2D eigenvalue weighted by Crippen LogP contribution is -2.45. The van der Waals surface area contributed by atoms with Gasteiger partial charge in [0.25, 0.3) is 0 Å². The van der Waals surface area contributed by atoms with Crippen molar-refractivity contribution in [1.29, 1.82) is 0 Å². The van der Waals surface area contributed by atoms with Crippen LogP contribution in [0, 0.1) is 71.0 Å². The van der Waals surface area contributed by atoms with E-state index in [1.54, 1.807) is 54.6 Å². The molecule has 0 unspecified atom stereocenters. The van der Waals surface area contributed by atoms with Crippen LogP contribution in [0.2, 0.25) is 0 Å². The van der Waals surface area contributed by atoms with Crippen molar-refractivity contribution in [2.45, 2.75) is 208 Å². The predicted molar refractivity (Wildman–Crippen MR) is 360 cm³/mol. The van der Waals surface area contributed by atoms with Crippen LogP contribution in [0.1, 0.15) is 206 Å². The number of nitrogens with one attached hydrogen (secondary N) is 4. The Bertz CT molecular complexity index is 3660. The summed E-state index contributed by atoms with van der Waals surface area (Å²) < 4.78 is 146. The van der Waals surface area contributed by atoms with Crippen molar-refractivity contribution in [2.75, 3.05) is 0 Å². The summed E-state index contributed by atoms with van der Waals surface area (Å²) in [7, 11) is 0. The minimum atomic E-state index is -2.98. The Balaban J connectivity index is 0.000000266. The molecule has 4 atom stereocenters. The molecule has 4 aliphatic rings. The van der Waals surface area contributed by atoms with Crippen molar-refractivity contribution < 1.29 is 84.8 Å². The lowest BCUT2D eigenvalue weighted by Gasteiger charge is -2.30. The summed E-state index contributed by atoms with van der Waals surface area (Å²) in [6, 6.07) is 20.4. The molecule has 92 heavy (non-hydrogen) atoms. The molecule has 504 valence electrons. The third kappa shape index (κ3) is 26.3. The first-order valence-corrected chi connectivity index (χ1v) is 32.3. The van der Waals surface area contributed by atoms with Gasteiger partial charge in [0.05, 0.1) is 6.85 Å². The fourth-order valence-electron chi connectivity index (χ4n) is 12.4. The first-order valence-electron chi connectivity index (χ1n) is 41.8. The maximum Gasteiger partial charge on any atom is 0.326 e. The van der Waals surface area contributed by atoms with Gasteiger partial charge in [-0.05, 0) is 172 Å². The third-order valence-electron chi connectivity index (χ3n) is 18.4. The van der Waals surface area contributed by atoms with Gasteiger partial charge in [0, 0.05) is 68.5 Å². The van der Waals surface area contributed by atoms with Gasteiger partial charge in [0.15, 0.2) is 0 Å². The molecule has 16 nitrogen and oxygen atoms in total. The molecule has 0 saturated heterocycles. The second-order valence-corrected chi connectivity index (χ2v) is 25.5. The van der Waals surface area contributed by atoms with Gasteiger partial charge in [-0.25, -0.2) is 19.2 Å². The molecule has 16 heteroatoms. The van der Waals surface area contributed by atoms with Crippen molar-refractivity contribution >= 4 is 47.5 Å². The van der Waals surface area contributed by atoms with Crippen LogP contribution in [0.15, 0.2) is 121 Å². The number of aliphatic carboxylic acids is 4. The first kappa shape index (κ1) is 51.1. The second-order valence-electron chi connectivity index (χ2n) is 25.5. The molecule has 4 fully saturated rings. The number of carbonyl (C=O) groups is 8. The van der Waals surface area contributed by atoms with Gasteiger partial charge < -0.3 is 41.7 Å². The molecule has 0 bridgehead atoms. The molecule has 4 saturated carbocycles. The minimum Gasteiger partial charge on any atom is -0.480 e. The SMILES string of the molecule is [2H]C(C)(C)C1CCC(C(=O)N[C@H](Cc2ccccc2)C(=O)O)CC1.[2H]C([2H])([2H])C(C1CCC(C(=O)N[C@H](Cc2ccccc2)C(=O)O)CC1)C([2H])([2H])[2H].[2H]C([2H])([2H])C([2H])(C1CCC(C(=O)N[C@H](Cc2ccccc2)C(=O)O)CC1)C([2H])([2H])[2H].[2H]c1c([2H])c([2H])c(C[C@@H](NC(=O)C2CCC(C(C)C)CC2)C(=O)O)c([2H])c1[2H]. The lowest BCUT2D eigenvalue weighted by molar-refractivity contribution is -0.143. The Morgan fingerprint density at radius 1 is 0.370 bits per heavy atom. The summed E-state index contributed by atoms with van der Waals surface area (Å²) in [4.78, 5) is 96.4. The summed E-state index contributed by atoms with van der Waals surface area (Å²) in [5.41, 5.74) is 2.34. The van der Waals surface area contributed by atoms with Gasteiger partial charge in [0.1, 0.15) is 24.2 Å². The first-order chi connectivity index (χ1) is 51.5. The predicted octanol–water partition coefficient (Wildman–Crippen LogP) is 13.0. The molecular formula is C76H108N4O12. The average Bonchev–Trinajstić information content (AvgIpc) is 0.748. The largest absolute Gasteiger partial charge is 0.480 e. The van der Waals surface area contributed by atoms with E-state index in [-0.39, 0.29) is 86.5 Å². The summed E-state index contributed by atoms with van der Waals surface area (Å²) in [5, 5.41) is 48.1. The van der Waals surface area contributed by atoms with Gasteiger partial charge in [-0.15, -0.1) is 0 Å². The quantitative estimate of drug-likeness (QED) is 0.0326. The molecule has 0 radical (unpaired) electrons. The number of amides is 4. The van der Waals surface area contributed by atoms with E-state index >= 15 is 0 Å². The molecule has 4 aromatic rings. The van der Waals surface area contributed by atoms with Gasteiger partial charge in [-0.2, -0.15) is 0 Å². The molecule has 8 N–H and O–H groups in total. The number of carbonyl (C=O) groups excluding carboxylic acids is 4. The molecule has 8 rings (SSSR count). The van der Waals surface area contributed by atoms with E-state index in [9.17, 15) is 58.8 Å². The van der Waals surface area contributed by atoms with Crippen LogP contribution in [0.4, 0.5) is 0 Å². The van der Waals surface area contributed by atoms with E-state index in [0.717, 1.165) is 55.2 Å². The van der Waals surface area contributed by atoms with Crippen molar-refractivity contribution in [2.24, 2.45) is 71.0 Å². The van der Waals surface area contributed by atoms with E-state index in [0.29, 0.717) is 56.3 Å². The van der Waals surface area contributed by atoms with E-state index in [2.05, 4.69) is 35.1 Å². The maximum atomic E-state index is 12.6. The molecule has 0 heterocycles. The van der Waals surface area contributed by atoms with E-state index in [1.165, 1.54) is 0 Å². The van der Waals surface area contributed by atoms with Crippen LogP contribution in [-0.2, 0) is 64.0 Å². The molecule has 0 spiro atoms. The van der Waals surface area contributed by atoms with E-state index in [4.69, 9.17) is 26.0 Å². The highest BCUT2D eigenvalue weighted by Crippen LogP contribution is 2.37. The van der Waals surface area contributed by atoms with Gasteiger partial charge in [-0.3, -0.25) is 19.2 Å². The van der Waals surface area contributed by atoms with Gasteiger partial charge in [-0.1, -0.05) is 176 Å². The number of carboxylic acids is 4. The fourth-order valence-corrected chi connectivity index (χ4v) is 12.4. The summed E-state index contributed by atoms with van der Waals surface area (Å²) >= 11 is 0. The standard InChI is InChI=1S/4C19H27NO3/c4*1-13(2)15-8-10-16(11-9-15)18(21)20-17(19(22)23)12-14-6-4-3-5-7-14/h4*3-7,13,15-17H,8-12H2,1-2H3,(H,20,21)(H,22,23)/t4*15?,16?,17-/m1111/s1/i3D,4D,5D,6D,7D;1D3,2D3,13D;1D3,2D3;13D. The Morgan fingerprint density at radius 2 is 0.630 bits per heavy atom. The molecule has 4 amide bonds. The van der Waals surface area contributed by atoms with E-state index < -0.39 is 153 Å². The number of benzene rings is 4. The minimum absolute atomic E-state index is 0.106. The summed E-state index contributed by atoms with van der Waals surface area (Å²) in [6.45, 7) is -3.00. The van der Waals surface area contributed by atoms with Crippen LogP contribution < -0.4 is 21.3 Å². The van der Waals surface area contributed by atoms with Gasteiger partial charge >= 0.3 is 23.9 Å². The third-order valence-corrected chi connectivity index (χ3v) is 18.4. The molecule has 4 aliphatic carbocycles. The number of rotatable bonds is 24. The highest BCUT2D eigenvalue weighted by atomic mass is 16.4. The highest BCUT2D eigenvalue weighted by molar-refractivity contribution is 5.87. The van der Waals surface area contributed by atoms with Crippen molar-refractivity contribution in [1.82, 2.24) is 21.3 Å². The molecular weight excluding hydrogens is 1160 g/mol. The zero-order valence-electron chi connectivity index (χ0n) is 72.4. The maximum absolute atomic E-state index is 12.6. The zero-order chi connectivity index (χ0) is 83.5. The fraction of sp³-hybridized carbons (Fsp3) is 0.579. The van der Waals surface area contributed by atoms with E-state index in [1.807, 2.05) is 50.2 Å². The Hall–Kier alpha value is -7.36. The van der Waals surface area contributed by atoms with Gasteiger partial charge in [0.2, 0.25) is 23.6 Å². The van der Waals surface area contributed by atoms with Crippen LogP contribution in [0.3, 0.4) is 0 Å². The lowest BCUT2D eigenvalue weighted by atomic mass is 9.76. The van der Waals surface area contributed by atoms with Crippen molar-refractivity contribution in [3.63, 3.8) is 0 Å². The molecule has 0 aromatic heterocycles.